The van der Waals surface area contributed by atoms with Crippen LogP contribution in [-0.2, 0) is 14.3 Å². The van der Waals surface area contributed by atoms with Crippen molar-refractivity contribution in [2.45, 2.75) is 33.3 Å². The fourth-order valence-electron chi connectivity index (χ4n) is 1.02. The van der Waals surface area contributed by atoms with Gasteiger partial charge in [0.1, 0.15) is 6.10 Å². The minimum Gasteiger partial charge on any atom is -0.377 e. The fraction of sp³-hybridized carbons (Fsp3) is 0.909. The van der Waals surface area contributed by atoms with Gasteiger partial charge >= 0.3 is 0 Å². The molecule has 1 N–H and O–H groups in total. The summed E-state index contributed by atoms with van der Waals surface area (Å²) in [5.41, 5.74) is -0.278. The third-order valence-corrected chi connectivity index (χ3v) is 2.74. The Labute approximate surface area is 91.3 Å². The maximum absolute atomic E-state index is 11.6. The van der Waals surface area contributed by atoms with Crippen molar-refractivity contribution in [3.8, 4) is 0 Å². The van der Waals surface area contributed by atoms with Crippen LogP contribution < -0.4 is 5.32 Å². The topological polar surface area (TPSA) is 50.9 Å². The minimum atomic E-state index is -0.278. The Morgan fingerprint density at radius 2 is 2.27 bits per heavy atom. The highest BCUT2D eigenvalue weighted by molar-refractivity contribution is 5.81. The van der Waals surface area contributed by atoms with Crippen molar-refractivity contribution >= 4 is 5.91 Å². The maximum atomic E-state index is 11.6. The highest BCUT2D eigenvalue weighted by atomic mass is 16.6. The summed E-state index contributed by atoms with van der Waals surface area (Å²) in [6, 6.07) is 0. The van der Waals surface area contributed by atoms with Gasteiger partial charge in [-0.2, -0.15) is 0 Å². The van der Waals surface area contributed by atoms with E-state index < -0.39 is 0 Å². The standard InChI is InChI=1S/C11H21NO3/c1-4-11(2,3)10(13)12-5-6-14-7-9-8-15-9/h9H,4-8H2,1-3H3,(H,12,13). The summed E-state index contributed by atoms with van der Waals surface area (Å²) in [6.45, 7) is 8.51. The SMILES string of the molecule is CCC(C)(C)C(=O)NCCOCC1CO1. The number of hydrogen-bond acceptors (Lipinski definition) is 3. The van der Waals surface area contributed by atoms with E-state index in [1.165, 1.54) is 0 Å². The Hall–Kier alpha value is -0.610. The molecule has 0 bridgehead atoms. The second-order valence-electron chi connectivity index (χ2n) is 4.52. The summed E-state index contributed by atoms with van der Waals surface area (Å²) in [5.74, 6) is 0.0938. The smallest absolute Gasteiger partial charge is 0.225 e. The molecule has 0 spiro atoms. The monoisotopic (exact) mass is 215 g/mol. The predicted octanol–water partition coefficient (Wildman–Crippen LogP) is 0.954. The number of hydrogen-bond donors (Lipinski definition) is 1. The van der Waals surface area contributed by atoms with E-state index in [2.05, 4.69) is 5.32 Å². The molecular formula is C11H21NO3. The van der Waals surface area contributed by atoms with Crippen LogP contribution in [0.2, 0.25) is 0 Å². The average molecular weight is 215 g/mol. The third kappa shape index (κ3) is 4.62. The molecule has 1 aliphatic heterocycles. The molecule has 1 unspecified atom stereocenters. The van der Waals surface area contributed by atoms with Gasteiger partial charge in [0, 0.05) is 12.0 Å². The Bertz CT molecular complexity index is 212. The van der Waals surface area contributed by atoms with Gasteiger partial charge < -0.3 is 14.8 Å². The van der Waals surface area contributed by atoms with Gasteiger partial charge in [-0.05, 0) is 6.42 Å². The van der Waals surface area contributed by atoms with Gasteiger partial charge in [-0.3, -0.25) is 4.79 Å². The quantitative estimate of drug-likeness (QED) is 0.508. The molecule has 1 heterocycles. The molecule has 0 aliphatic carbocycles. The van der Waals surface area contributed by atoms with Crippen LogP contribution in [0.4, 0.5) is 0 Å². The van der Waals surface area contributed by atoms with Crippen LogP contribution >= 0.6 is 0 Å². The maximum Gasteiger partial charge on any atom is 0.225 e. The van der Waals surface area contributed by atoms with E-state index in [1.54, 1.807) is 0 Å². The van der Waals surface area contributed by atoms with Gasteiger partial charge in [0.05, 0.1) is 19.8 Å². The lowest BCUT2D eigenvalue weighted by molar-refractivity contribution is -0.129. The number of carbonyl (C=O) groups excluding carboxylic acids is 1. The van der Waals surface area contributed by atoms with Crippen molar-refractivity contribution in [1.82, 2.24) is 5.32 Å². The van der Waals surface area contributed by atoms with Crippen LogP contribution in [0.3, 0.4) is 0 Å². The van der Waals surface area contributed by atoms with Crippen molar-refractivity contribution in [3.63, 3.8) is 0 Å². The van der Waals surface area contributed by atoms with Crippen LogP contribution in [0, 0.1) is 5.41 Å². The highest BCUT2D eigenvalue weighted by Crippen LogP contribution is 2.19. The third-order valence-electron chi connectivity index (χ3n) is 2.74. The molecule has 0 aromatic rings. The van der Waals surface area contributed by atoms with E-state index in [0.717, 1.165) is 13.0 Å². The van der Waals surface area contributed by atoms with Crippen molar-refractivity contribution in [3.05, 3.63) is 0 Å². The van der Waals surface area contributed by atoms with Crippen LogP contribution in [0.25, 0.3) is 0 Å². The Kier molecular flexibility index (Phi) is 4.54. The Balaban J connectivity index is 2.00. The molecule has 1 rings (SSSR count). The molecule has 15 heavy (non-hydrogen) atoms. The van der Waals surface area contributed by atoms with Gasteiger partial charge in [0.15, 0.2) is 0 Å². The average Bonchev–Trinajstić information content (AvgIpc) is 3.00. The number of epoxide rings is 1. The summed E-state index contributed by atoms with van der Waals surface area (Å²) >= 11 is 0. The lowest BCUT2D eigenvalue weighted by atomic mass is 9.89. The van der Waals surface area contributed by atoms with Crippen molar-refractivity contribution in [2.75, 3.05) is 26.4 Å². The molecule has 0 radical (unpaired) electrons. The summed E-state index contributed by atoms with van der Waals surface area (Å²) in [4.78, 5) is 11.6. The van der Waals surface area contributed by atoms with Gasteiger partial charge in [0.2, 0.25) is 5.91 Å². The molecule has 88 valence electrons. The fourth-order valence-corrected chi connectivity index (χ4v) is 1.02. The first kappa shape index (κ1) is 12.5. The van der Waals surface area contributed by atoms with E-state index in [9.17, 15) is 4.79 Å². The number of ether oxygens (including phenoxy) is 2. The second kappa shape index (κ2) is 5.47. The molecule has 4 nitrogen and oxygen atoms in total. The van der Waals surface area contributed by atoms with E-state index in [1.807, 2.05) is 20.8 Å². The lowest BCUT2D eigenvalue weighted by Crippen LogP contribution is -2.38. The first-order valence-electron chi connectivity index (χ1n) is 5.54. The summed E-state index contributed by atoms with van der Waals surface area (Å²) in [5, 5.41) is 2.86. The summed E-state index contributed by atoms with van der Waals surface area (Å²) < 4.78 is 10.3. The Morgan fingerprint density at radius 3 is 2.80 bits per heavy atom. The molecule has 1 saturated heterocycles. The van der Waals surface area contributed by atoms with E-state index in [0.29, 0.717) is 25.9 Å². The zero-order valence-electron chi connectivity index (χ0n) is 9.84. The molecule has 4 heteroatoms. The lowest BCUT2D eigenvalue weighted by Gasteiger charge is -2.21. The number of rotatable bonds is 7. The van der Waals surface area contributed by atoms with Crippen LogP contribution in [0.5, 0.6) is 0 Å². The van der Waals surface area contributed by atoms with Crippen LogP contribution in [0.1, 0.15) is 27.2 Å². The van der Waals surface area contributed by atoms with E-state index >= 15 is 0 Å². The summed E-state index contributed by atoms with van der Waals surface area (Å²) in [6.07, 6.45) is 1.14. The first-order valence-corrected chi connectivity index (χ1v) is 5.54. The van der Waals surface area contributed by atoms with Crippen molar-refractivity contribution < 1.29 is 14.3 Å². The van der Waals surface area contributed by atoms with Gasteiger partial charge in [-0.15, -0.1) is 0 Å². The van der Waals surface area contributed by atoms with Crippen LogP contribution in [-0.4, -0.2) is 38.4 Å². The molecule has 0 aromatic heterocycles. The minimum absolute atomic E-state index is 0.0938. The van der Waals surface area contributed by atoms with E-state index in [-0.39, 0.29) is 11.3 Å². The number of carbonyl (C=O) groups is 1. The molecular weight excluding hydrogens is 194 g/mol. The molecule has 1 aliphatic rings. The normalized spacial score (nSPS) is 20.1. The zero-order chi connectivity index (χ0) is 11.3. The molecule has 1 atom stereocenters. The predicted molar refractivity (Wildman–Crippen MR) is 57.6 cm³/mol. The van der Waals surface area contributed by atoms with Gasteiger partial charge in [0.25, 0.3) is 0 Å². The first-order chi connectivity index (χ1) is 7.06. The molecule has 0 aromatic carbocycles. The summed E-state index contributed by atoms with van der Waals surface area (Å²) in [7, 11) is 0. The van der Waals surface area contributed by atoms with Crippen LogP contribution in [0.15, 0.2) is 0 Å². The van der Waals surface area contributed by atoms with Crippen molar-refractivity contribution in [1.29, 1.82) is 0 Å². The highest BCUT2D eigenvalue weighted by Gasteiger charge is 2.25. The second-order valence-corrected chi connectivity index (χ2v) is 4.52. The molecule has 1 fully saturated rings. The van der Waals surface area contributed by atoms with Gasteiger partial charge in [-0.1, -0.05) is 20.8 Å². The molecule has 1 amide bonds. The largest absolute Gasteiger partial charge is 0.377 e. The number of nitrogens with one attached hydrogen (secondary N) is 1. The van der Waals surface area contributed by atoms with Gasteiger partial charge in [-0.25, -0.2) is 0 Å². The zero-order valence-corrected chi connectivity index (χ0v) is 9.84. The van der Waals surface area contributed by atoms with E-state index in [4.69, 9.17) is 9.47 Å². The number of amides is 1. The molecule has 0 saturated carbocycles. The Morgan fingerprint density at radius 1 is 1.60 bits per heavy atom. The van der Waals surface area contributed by atoms with Crippen molar-refractivity contribution in [2.24, 2.45) is 5.41 Å².